The standard InChI is InChI=1S/C14H19ClN2O/c1-9-5-4-6-10(13(9)15)14(18)17-12-8-3-2-7-11(12)16/h4-6,11-12H,2-3,7-8,16H2,1H3,(H,17,18). The van der Waals surface area contributed by atoms with Crippen LogP contribution in [0.15, 0.2) is 18.2 Å². The van der Waals surface area contributed by atoms with Crippen LogP contribution in [0.2, 0.25) is 5.02 Å². The van der Waals surface area contributed by atoms with Crippen molar-refractivity contribution in [3.05, 3.63) is 34.3 Å². The van der Waals surface area contributed by atoms with E-state index in [4.69, 9.17) is 17.3 Å². The van der Waals surface area contributed by atoms with Crippen LogP contribution in [0.1, 0.15) is 41.6 Å². The van der Waals surface area contributed by atoms with E-state index in [1.54, 1.807) is 6.07 Å². The summed E-state index contributed by atoms with van der Waals surface area (Å²) in [6.45, 7) is 1.89. The minimum Gasteiger partial charge on any atom is -0.348 e. The van der Waals surface area contributed by atoms with Gasteiger partial charge in [0.1, 0.15) is 0 Å². The molecule has 1 fully saturated rings. The number of aryl methyl sites for hydroxylation is 1. The molecule has 0 heterocycles. The molecule has 0 aromatic heterocycles. The molecule has 2 rings (SSSR count). The smallest absolute Gasteiger partial charge is 0.253 e. The first-order valence-corrected chi connectivity index (χ1v) is 6.79. The van der Waals surface area contributed by atoms with Crippen LogP contribution in [0, 0.1) is 6.92 Å². The second kappa shape index (κ2) is 5.72. The summed E-state index contributed by atoms with van der Waals surface area (Å²) >= 11 is 6.15. The molecule has 0 aliphatic heterocycles. The first-order chi connectivity index (χ1) is 8.59. The van der Waals surface area contributed by atoms with E-state index >= 15 is 0 Å². The van der Waals surface area contributed by atoms with Gasteiger partial charge in [-0.15, -0.1) is 0 Å². The van der Waals surface area contributed by atoms with Crippen LogP contribution < -0.4 is 11.1 Å². The van der Waals surface area contributed by atoms with Crippen LogP contribution in [0.3, 0.4) is 0 Å². The Bertz CT molecular complexity index is 447. The monoisotopic (exact) mass is 266 g/mol. The Balaban J connectivity index is 2.09. The summed E-state index contributed by atoms with van der Waals surface area (Å²) in [7, 11) is 0. The summed E-state index contributed by atoms with van der Waals surface area (Å²) < 4.78 is 0. The first kappa shape index (κ1) is 13.4. The van der Waals surface area contributed by atoms with Crippen molar-refractivity contribution >= 4 is 17.5 Å². The number of hydrogen-bond donors (Lipinski definition) is 2. The Labute approximate surface area is 113 Å². The third kappa shape index (κ3) is 2.85. The minimum absolute atomic E-state index is 0.0614. The van der Waals surface area contributed by atoms with Crippen molar-refractivity contribution < 1.29 is 4.79 Å². The lowest BCUT2D eigenvalue weighted by Gasteiger charge is -2.29. The quantitative estimate of drug-likeness (QED) is 0.865. The van der Waals surface area contributed by atoms with Crippen LogP contribution in [0.5, 0.6) is 0 Å². The highest BCUT2D eigenvalue weighted by Gasteiger charge is 2.24. The van der Waals surface area contributed by atoms with Crippen molar-refractivity contribution in [2.45, 2.75) is 44.7 Å². The Morgan fingerprint density at radius 3 is 2.83 bits per heavy atom. The molecule has 0 spiro atoms. The molecule has 18 heavy (non-hydrogen) atoms. The van der Waals surface area contributed by atoms with Crippen molar-refractivity contribution in [1.29, 1.82) is 0 Å². The minimum atomic E-state index is -0.119. The van der Waals surface area contributed by atoms with Crippen LogP contribution in [-0.2, 0) is 0 Å². The first-order valence-electron chi connectivity index (χ1n) is 6.41. The normalized spacial score (nSPS) is 23.7. The number of amides is 1. The van der Waals surface area contributed by atoms with Crippen molar-refractivity contribution in [2.75, 3.05) is 0 Å². The number of carbonyl (C=O) groups excluding carboxylic acids is 1. The average molecular weight is 267 g/mol. The van der Waals surface area contributed by atoms with E-state index in [-0.39, 0.29) is 18.0 Å². The number of nitrogens with two attached hydrogens (primary N) is 1. The molecule has 0 radical (unpaired) electrons. The van der Waals surface area contributed by atoms with Gasteiger partial charge in [0.05, 0.1) is 10.6 Å². The van der Waals surface area contributed by atoms with Crippen LogP contribution in [0.25, 0.3) is 0 Å². The topological polar surface area (TPSA) is 55.1 Å². The zero-order valence-corrected chi connectivity index (χ0v) is 11.3. The van der Waals surface area contributed by atoms with Gasteiger partial charge in [-0.05, 0) is 31.4 Å². The van der Waals surface area contributed by atoms with Gasteiger partial charge in [0, 0.05) is 12.1 Å². The number of rotatable bonds is 2. The summed E-state index contributed by atoms with van der Waals surface area (Å²) in [6, 6.07) is 5.62. The van der Waals surface area contributed by atoms with E-state index in [0.29, 0.717) is 10.6 Å². The lowest BCUT2D eigenvalue weighted by Crippen LogP contribution is -2.49. The van der Waals surface area contributed by atoms with Crippen LogP contribution in [-0.4, -0.2) is 18.0 Å². The molecule has 0 bridgehead atoms. The fraction of sp³-hybridized carbons (Fsp3) is 0.500. The van der Waals surface area contributed by atoms with E-state index in [9.17, 15) is 4.79 Å². The number of hydrogen-bond acceptors (Lipinski definition) is 2. The predicted molar refractivity (Wildman–Crippen MR) is 73.9 cm³/mol. The molecule has 1 aromatic rings. The highest BCUT2D eigenvalue weighted by molar-refractivity contribution is 6.34. The lowest BCUT2D eigenvalue weighted by molar-refractivity contribution is 0.0921. The summed E-state index contributed by atoms with van der Waals surface area (Å²) in [5.41, 5.74) is 7.48. The third-order valence-corrected chi connectivity index (χ3v) is 4.07. The molecule has 3 N–H and O–H groups in total. The molecule has 3 nitrogen and oxygen atoms in total. The Morgan fingerprint density at radius 2 is 2.11 bits per heavy atom. The van der Waals surface area contributed by atoms with E-state index < -0.39 is 0 Å². The predicted octanol–water partition coefficient (Wildman–Crippen LogP) is 2.65. The molecule has 2 atom stereocenters. The largest absolute Gasteiger partial charge is 0.348 e. The highest BCUT2D eigenvalue weighted by atomic mass is 35.5. The van der Waals surface area contributed by atoms with E-state index in [1.165, 1.54) is 0 Å². The zero-order chi connectivity index (χ0) is 13.1. The molecule has 4 heteroatoms. The van der Waals surface area contributed by atoms with Crippen LogP contribution in [0.4, 0.5) is 0 Å². The SMILES string of the molecule is Cc1cccc(C(=O)NC2CCCCC2N)c1Cl. The van der Waals surface area contributed by atoms with Gasteiger partial charge in [-0.3, -0.25) is 4.79 Å². The van der Waals surface area contributed by atoms with Gasteiger partial charge in [0.2, 0.25) is 0 Å². The molecule has 1 aliphatic carbocycles. The zero-order valence-electron chi connectivity index (χ0n) is 10.6. The Hall–Kier alpha value is -1.06. The molecule has 1 aliphatic rings. The van der Waals surface area contributed by atoms with E-state index in [2.05, 4.69) is 5.32 Å². The average Bonchev–Trinajstić information content (AvgIpc) is 2.35. The maximum Gasteiger partial charge on any atom is 0.253 e. The Kier molecular flexibility index (Phi) is 4.25. The van der Waals surface area contributed by atoms with Crippen molar-refractivity contribution in [2.24, 2.45) is 5.73 Å². The molecular formula is C14H19ClN2O. The van der Waals surface area contributed by atoms with Crippen LogP contribution >= 0.6 is 11.6 Å². The van der Waals surface area contributed by atoms with E-state index in [1.807, 2.05) is 19.1 Å². The van der Waals surface area contributed by atoms with Gasteiger partial charge in [-0.1, -0.05) is 36.6 Å². The van der Waals surface area contributed by atoms with Gasteiger partial charge >= 0.3 is 0 Å². The fourth-order valence-corrected chi connectivity index (χ4v) is 2.62. The van der Waals surface area contributed by atoms with Gasteiger partial charge in [0.25, 0.3) is 5.91 Å². The van der Waals surface area contributed by atoms with Gasteiger partial charge < -0.3 is 11.1 Å². The molecule has 1 aromatic carbocycles. The molecule has 2 unspecified atom stereocenters. The lowest BCUT2D eigenvalue weighted by atomic mass is 9.91. The summed E-state index contributed by atoms with van der Waals surface area (Å²) in [6.07, 6.45) is 4.21. The van der Waals surface area contributed by atoms with Gasteiger partial charge in [0.15, 0.2) is 0 Å². The summed E-state index contributed by atoms with van der Waals surface area (Å²) in [4.78, 5) is 12.2. The highest BCUT2D eigenvalue weighted by Crippen LogP contribution is 2.22. The fourth-order valence-electron chi connectivity index (χ4n) is 2.41. The summed E-state index contributed by atoms with van der Waals surface area (Å²) in [5, 5.41) is 3.53. The second-order valence-electron chi connectivity index (χ2n) is 4.96. The second-order valence-corrected chi connectivity index (χ2v) is 5.34. The maximum atomic E-state index is 12.2. The van der Waals surface area contributed by atoms with Gasteiger partial charge in [-0.25, -0.2) is 0 Å². The maximum absolute atomic E-state index is 12.2. The third-order valence-electron chi connectivity index (χ3n) is 3.57. The van der Waals surface area contributed by atoms with Crippen molar-refractivity contribution in [1.82, 2.24) is 5.32 Å². The molecule has 98 valence electrons. The van der Waals surface area contributed by atoms with Crippen molar-refractivity contribution in [3.8, 4) is 0 Å². The number of benzene rings is 1. The Morgan fingerprint density at radius 1 is 1.39 bits per heavy atom. The molecular weight excluding hydrogens is 248 g/mol. The number of halogens is 1. The van der Waals surface area contributed by atoms with Gasteiger partial charge in [-0.2, -0.15) is 0 Å². The molecule has 0 saturated heterocycles. The molecule has 1 amide bonds. The van der Waals surface area contributed by atoms with Crippen molar-refractivity contribution in [3.63, 3.8) is 0 Å². The van der Waals surface area contributed by atoms with E-state index in [0.717, 1.165) is 31.2 Å². The molecule has 1 saturated carbocycles. The number of carbonyl (C=O) groups is 1. The summed E-state index contributed by atoms with van der Waals surface area (Å²) in [5.74, 6) is -0.119. The number of nitrogens with one attached hydrogen (secondary N) is 1.